The first-order chi connectivity index (χ1) is 8.70. The van der Waals surface area contributed by atoms with Crippen molar-refractivity contribution in [3.63, 3.8) is 0 Å². The highest BCUT2D eigenvalue weighted by Gasteiger charge is 2.06. The van der Waals surface area contributed by atoms with E-state index < -0.39 is 0 Å². The van der Waals surface area contributed by atoms with Gasteiger partial charge in [0.1, 0.15) is 26.2 Å². The zero-order valence-corrected chi connectivity index (χ0v) is 16.8. The first-order valence-electron chi connectivity index (χ1n) is 7.48. The molecule has 2 aliphatic rings. The molecule has 2 saturated heterocycles. The van der Waals surface area contributed by atoms with E-state index in [9.17, 15) is 0 Å². The lowest BCUT2D eigenvalue weighted by Crippen LogP contribution is -3.11. The SMILES string of the molecule is CCCC.C[NH+]1CCOCC1.C[NH+]1CCOCC1.[Br-].[Br-]. The Morgan fingerprint density at radius 1 is 0.650 bits per heavy atom. The molecule has 0 amide bonds. The molecule has 6 heteroatoms. The first kappa shape index (κ1) is 25.7. The number of nitrogens with one attached hydrogen (secondary N) is 2. The van der Waals surface area contributed by atoms with Crippen LogP contribution in [0.3, 0.4) is 0 Å². The summed E-state index contributed by atoms with van der Waals surface area (Å²) in [5, 5.41) is 0. The van der Waals surface area contributed by atoms with Gasteiger partial charge in [0, 0.05) is 0 Å². The highest BCUT2D eigenvalue weighted by Crippen LogP contribution is 1.76. The lowest BCUT2D eigenvalue weighted by molar-refractivity contribution is -0.888. The van der Waals surface area contributed by atoms with Gasteiger partial charge >= 0.3 is 0 Å². The smallest absolute Gasteiger partial charge is 0.101 e. The van der Waals surface area contributed by atoms with Crippen molar-refractivity contribution in [1.29, 1.82) is 0 Å². The minimum Gasteiger partial charge on any atom is -1.00 e. The summed E-state index contributed by atoms with van der Waals surface area (Å²) in [6.07, 6.45) is 2.64. The summed E-state index contributed by atoms with van der Waals surface area (Å²) < 4.78 is 10.2. The molecule has 20 heavy (non-hydrogen) atoms. The van der Waals surface area contributed by atoms with Gasteiger partial charge in [0.25, 0.3) is 0 Å². The van der Waals surface area contributed by atoms with Crippen LogP contribution in [0, 0.1) is 0 Å². The van der Waals surface area contributed by atoms with Crippen molar-refractivity contribution >= 4 is 0 Å². The number of unbranched alkanes of at least 4 members (excludes halogenated alkanes) is 1. The summed E-state index contributed by atoms with van der Waals surface area (Å²) in [5.74, 6) is 0. The van der Waals surface area contributed by atoms with E-state index in [1.54, 1.807) is 9.80 Å². The minimum absolute atomic E-state index is 0. The average molecular weight is 422 g/mol. The molecule has 0 spiro atoms. The van der Waals surface area contributed by atoms with Gasteiger partial charge in [-0.2, -0.15) is 0 Å². The second-order valence-corrected chi connectivity index (χ2v) is 5.14. The molecular formula is C14H34Br2N2O2. The van der Waals surface area contributed by atoms with E-state index in [1.165, 1.54) is 39.0 Å². The molecule has 0 unspecified atom stereocenters. The van der Waals surface area contributed by atoms with E-state index in [2.05, 4.69) is 27.9 Å². The first-order valence-corrected chi connectivity index (χ1v) is 7.48. The molecule has 126 valence electrons. The van der Waals surface area contributed by atoms with Crippen LogP contribution >= 0.6 is 0 Å². The largest absolute Gasteiger partial charge is 1.00 e. The van der Waals surface area contributed by atoms with Crippen LogP contribution in [0.4, 0.5) is 0 Å². The number of hydrogen-bond acceptors (Lipinski definition) is 2. The Morgan fingerprint density at radius 2 is 0.900 bits per heavy atom. The minimum atomic E-state index is 0. The van der Waals surface area contributed by atoms with E-state index in [0.717, 1.165) is 26.4 Å². The van der Waals surface area contributed by atoms with Crippen LogP contribution in [-0.4, -0.2) is 66.7 Å². The Hall–Kier alpha value is 0.800. The quantitative estimate of drug-likeness (QED) is 0.440. The molecule has 2 heterocycles. The maximum Gasteiger partial charge on any atom is 0.101 e. The topological polar surface area (TPSA) is 27.3 Å². The Labute approximate surface area is 146 Å². The van der Waals surface area contributed by atoms with Crippen LogP contribution in [0.5, 0.6) is 0 Å². The van der Waals surface area contributed by atoms with Crippen molar-refractivity contribution in [2.75, 3.05) is 66.7 Å². The fourth-order valence-electron chi connectivity index (χ4n) is 1.44. The number of hydrogen-bond donors (Lipinski definition) is 2. The second-order valence-electron chi connectivity index (χ2n) is 5.14. The number of morpholine rings is 2. The zero-order valence-electron chi connectivity index (χ0n) is 13.6. The lowest BCUT2D eigenvalue weighted by Gasteiger charge is -2.18. The molecule has 2 fully saturated rings. The van der Waals surface area contributed by atoms with Crippen LogP contribution < -0.4 is 43.8 Å². The summed E-state index contributed by atoms with van der Waals surface area (Å²) >= 11 is 0. The van der Waals surface area contributed by atoms with Crippen molar-refractivity contribution in [3.05, 3.63) is 0 Å². The summed E-state index contributed by atoms with van der Waals surface area (Å²) in [6, 6.07) is 0. The van der Waals surface area contributed by atoms with Gasteiger partial charge in [0.15, 0.2) is 0 Å². The Balaban J connectivity index is -0.000000215. The monoisotopic (exact) mass is 420 g/mol. The highest BCUT2D eigenvalue weighted by molar-refractivity contribution is 4.34. The van der Waals surface area contributed by atoms with E-state index >= 15 is 0 Å². The number of ether oxygens (including phenoxy) is 2. The molecule has 2 N–H and O–H groups in total. The van der Waals surface area contributed by atoms with Crippen molar-refractivity contribution < 1.29 is 53.2 Å². The molecule has 0 aliphatic carbocycles. The third kappa shape index (κ3) is 18.8. The second kappa shape index (κ2) is 19.8. The maximum absolute atomic E-state index is 5.12. The van der Waals surface area contributed by atoms with Crippen molar-refractivity contribution in [2.45, 2.75) is 26.7 Å². The average Bonchev–Trinajstić information content (AvgIpc) is 2.41. The van der Waals surface area contributed by atoms with Gasteiger partial charge in [0.2, 0.25) is 0 Å². The summed E-state index contributed by atoms with van der Waals surface area (Å²) in [5.41, 5.74) is 0. The molecule has 0 aromatic carbocycles. The molecular weight excluding hydrogens is 388 g/mol. The molecule has 0 atom stereocenters. The van der Waals surface area contributed by atoms with Gasteiger partial charge in [-0.3, -0.25) is 0 Å². The molecule has 0 aromatic rings. The third-order valence-electron chi connectivity index (χ3n) is 3.19. The molecule has 2 aliphatic heterocycles. The molecule has 0 radical (unpaired) electrons. The highest BCUT2D eigenvalue weighted by atomic mass is 79.9. The number of likely N-dealkylation sites (N-methyl/N-ethyl adjacent to an activating group) is 2. The van der Waals surface area contributed by atoms with Crippen LogP contribution in [-0.2, 0) is 9.47 Å². The fraction of sp³-hybridized carbons (Fsp3) is 1.00. The fourth-order valence-corrected chi connectivity index (χ4v) is 1.44. The Bertz CT molecular complexity index is 147. The lowest BCUT2D eigenvalue weighted by atomic mass is 10.4. The number of rotatable bonds is 1. The molecule has 0 aromatic heterocycles. The van der Waals surface area contributed by atoms with E-state index in [0.29, 0.717) is 0 Å². The van der Waals surface area contributed by atoms with Crippen LogP contribution in [0.25, 0.3) is 0 Å². The van der Waals surface area contributed by atoms with Crippen molar-refractivity contribution in [1.82, 2.24) is 0 Å². The normalized spacial score (nSPS) is 19.2. The van der Waals surface area contributed by atoms with Crippen molar-refractivity contribution in [2.24, 2.45) is 0 Å². The molecule has 4 nitrogen and oxygen atoms in total. The standard InChI is InChI=1S/2C5H11NO.C4H10.2BrH/c2*1-6-2-4-7-5-3-6;1-3-4-2;;/h2*2-5H2,1H3;3-4H2,1-2H3;2*1H. The van der Waals surface area contributed by atoms with Crippen LogP contribution in [0.15, 0.2) is 0 Å². The van der Waals surface area contributed by atoms with Crippen LogP contribution in [0.1, 0.15) is 26.7 Å². The Morgan fingerprint density at radius 3 is 1.00 bits per heavy atom. The van der Waals surface area contributed by atoms with Crippen molar-refractivity contribution in [3.8, 4) is 0 Å². The van der Waals surface area contributed by atoms with E-state index in [4.69, 9.17) is 9.47 Å². The maximum atomic E-state index is 5.12. The van der Waals surface area contributed by atoms with Gasteiger partial charge in [0.05, 0.1) is 40.5 Å². The number of halogens is 2. The molecule has 0 bridgehead atoms. The van der Waals surface area contributed by atoms with E-state index in [1.807, 2.05) is 0 Å². The van der Waals surface area contributed by atoms with Gasteiger partial charge in [-0.05, 0) is 0 Å². The number of quaternary nitrogens is 2. The zero-order chi connectivity index (χ0) is 13.6. The van der Waals surface area contributed by atoms with Gasteiger partial charge in [-0.1, -0.05) is 26.7 Å². The van der Waals surface area contributed by atoms with E-state index in [-0.39, 0.29) is 34.0 Å². The Kier molecular flexibility index (Phi) is 25.5. The summed E-state index contributed by atoms with van der Waals surface area (Å²) in [7, 11) is 4.39. The molecule has 2 rings (SSSR count). The molecule has 0 saturated carbocycles. The third-order valence-corrected chi connectivity index (χ3v) is 3.19. The predicted molar refractivity (Wildman–Crippen MR) is 75.5 cm³/mol. The van der Waals surface area contributed by atoms with Gasteiger partial charge in [-0.25, -0.2) is 0 Å². The summed E-state index contributed by atoms with van der Waals surface area (Å²) in [4.78, 5) is 3.18. The summed E-state index contributed by atoms with van der Waals surface area (Å²) in [6.45, 7) is 12.9. The van der Waals surface area contributed by atoms with Gasteiger partial charge < -0.3 is 53.2 Å². The van der Waals surface area contributed by atoms with Crippen LogP contribution in [0.2, 0.25) is 0 Å². The predicted octanol–water partition coefficient (Wildman–Crippen LogP) is -7.12. The van der Waals surface area contributed by atoms with Gasteiger partial charge in [-0.15, -0.1) is 0 Å².